The number of anilines is 1. The SMILES string of the molecule is CCCCCCCCCCCCCCCCCC[n+]1ccccc1NCCCCCCCCCCCCCCCC. The maximum atomic E-state index is 3.72. The van der Waals surface area contributed by atoms with E-state index in [4.69, 9.17) is 0 Å². The molecular weight excluding hydrogens is 496 g/mol. The van der Waals surface area contributed by atoms with Crippen LogP contribution in [0.15, 0.2) is 24.4 Å². The summed E-state index contributed by atoms with van der Waals surface area (Å²) in [5.41, 5.74) is 0. The standard InChI is InChI=1S/C39H74N2/c1-3-5-7-9-11-13-15-17-19-20-22-24-26-28-30-33-37-41-38-34-31-35-39(41)40-36-32-29-27-25-23-21-18-16-14-12-10-8-6-4-2/h31,34-35,38H,3-30,32-33,36-37H2,1-2H3/p+1. The first-order valence-electron chi connectivity index (χ1n) is 19.1. The molecule has 2 heteroatoms. The van der Waals surface area contributed by atoms with Gasteiger partial charge in [0.25, 0.3) is 5.82 Å². The van der Waals surface area contributed by atoms with Gasteiger partial charge in [-0.25, -0.2) is 4.57 Å². The van der Waals surface area contributed by atoms with Crippen LogP contribution >= 0.6 is 0 Å². The Labute approximate surface area is 259 Å². The fourth-order valence-corrected chi connectivity index (χ4v) is 6.20. The monoisotopic (exact) mass is 572 g/mol. The topological polar surface area (TPSA) is 15.9 Å². The van der Waals surface area contributed by atoms with Crippen molar-refractivity contribution in [2.45, 2.75) is 213 Å². The summed E-state index contributed by atoms with van der Waals surface area (Å²) in [5, 5.41) is 3.72. The molecule has 1 rings (SSSR count). The van der Waals surface area contributed by atoms with Gasteiger partial charge in [-0.2, -0.15) is 0 Å². The van der Waals surface area contributed by atoms with Crippen molar-refractivity contribution in [2.75, 3.05) is 11.9 Å². The number of hydrogen-bond donors (Lipinski definition) is 1. The van der Waals surface area contributed by atoms with Crippen molar-refractivity contribution in [3.8, 4) is 0 Å². The molecule has 0 aliphatic carbocycles. The largest absolute Gasteiger partial charge is 0.274 e. The molecule has 0 unspecified atom stereocenters. The summed E-state index contributed by atoms with van der Waals surface area (Å²) in [6.07, 6.45) is 45.2. The van der Waals surface area contributed by atoms with Gasteiger partial charge in [-0.1, -0.05) is 187 Å². The molecule has 0 atom stereocenters. The van der Waals surface area contributed by atoms with Crippen LogP contribution in [0.2, 0.25) is 0 Å². The van der Waals surface area contributed by atoms with E-state index in [-0.39, 0.29) is 0 Å². The van der Waals surface area contributed by atoms with Crippen LogP contribution in [0.5, 0.6) is 0 Å². The Morgan fingerprint density at radius 2 is 0.756 bits per heavy atom. The van der Waals surface area contributed by atoms with Gasteiger partial charge in [-0.3, -0.25) is 5.32 Å². The number of rotatable bonds is 33. The Bertz CT molecular complexity index is 628. The van der Waals surface area contributed by atoms with E-state index in [1.807, 2.05) is 0 Å². The summed E-state index contributed by atoms with van der Waals surface area (Å²) in [6, 6.07) is 6.62. The minimum Gasteiger partial charge on any atom is -0.274 e. The van der Waals surface area contributed by atoms with E-state index >= 15 is 0 Å². The van der Waals surface area contributed by atoms with E-state index in [2.05, 4.69) is 48.1 Å². The Balaban J connectivity index is 1.89. The van der Waals surface area contributed by atoms with E-state index < -0.39 is 0 Å². The predicted octanol–water partition coefficient (Wildman–Crippen LogP) is 13.1. The number of nitrogens with zero attached hydrogens (tertiary/aromatic N) is 1. The molecule has 0 saturated heterocycles. The third kappa shape index (κ3) is 26.3. The second-order valence-electron chi connectivity index (χ2n) is 13.1. The highest BCUT2D eigenvalue weighted by atomic mass is 15.1. The molecule has 0 amide bonds. The van der Waals surface area contributed by atoms with Crippen LogP contribution in [-0.4, -0.2) is 6.54 Å². The Morgan fingerprint density at radius 1 is 0.415 bits per heavy atom. The molecule has 0 spiro atoms. The molecular formula is C39H75N2+. The molecule has 0 aromatic carbocycles. The summed E-state index contributed by atoms with van der Waals surface area (Å²) in [5.74, 6) is 1.31. The van der Waals surface area contributed by atoms with Gasteiger partial charge in [0.2, 0.25) is 0 Å². The maximum Gasteiger partial charge on any atom is 0.274 e. The summed E-state index contributed by atoms with van der Waals surface area (Å²) in [7, 11) is 0. The van der Waals surface area contributed by atoms with E-state index in [1.54, 1.807) is 0 Å². The van der Waals surface area contributed by atoms with Gasteiger partial charge in [-0.15, -0.1) is 0 Å². The van der Waals surface area contributed by atoms with E-state index in [0.717, 1.165) is 13.1 Å². The van der Waals surface area contributed by atoms with E-state index in [0.29, 0.717) is 0 Å². The summed E-state index contributed by atoms with van der Waals surface area (Å²) < 4.78 is 2.44. The van der Waals surface area contributed by atoms with Gasteiger partial charge in [-0.05, 0) is 31.7 Å². The fraction of sp³-hybridized carbons (Fsp3) is 0.872. The number of aromatic nitrogens is 1. The second kappa shape index (κ2) is 31.9. The van der Waals surface area contributed by atoms with Crippen LogP contribution in [0, 0.1) is 0 Å². The van der Waals surface area contributed by atoms with Gasteiger partial charge < -0.3 is 0 Å². The van der Waals surface area contributed by atoms with Gasteiger partial charge in [0.15, 0.2) is 0 Å². The molecule has 1 aromatic rings. The van der Waals surface area contributed by atoms with Crippen LogP contribution in [0.1, 0.15) is 206 Å². The molecule has 2 nitrogen and oxygen atoms in total. The highest BCUT2D eigenvalue weighted by molar-refractivity contribution is 5.26. The zero-order valence-electron chi connectivity index (χ0n) is 28.4. The molecule has 240 valence electrons. The van der Waals surface area contributed by atoms with Crippen molar-refractivity contribution >= 4 is 5.82 Å². The van der Waals surface area contributed by atoms with Gasteiger partial charge in [0.05, 0.1) is 19.3 Å². The zero-order chi connectivity index (χ0) is 29.3. The molecule has 1 N–H and O–H groups in total. The number of unbranched alkanes of at least 4 members (excludes halogenated alkanes) is 28. The number of hydrogen-bond acceptors (Lipinski definition) is 1. The third-order valence-electron chi connectivity index (χ3n) is 9.03. The second-order valence-corrected chi connectivity index (χ2v) is 13.1. The van der Waals surface area contributed by atoms with Gasteiger partial charge >= 0.3 is 0 Å². The first kappa shape index (κ1) is 38.0. The minimum atomic E-state index is 1.11. The molecule has 1 aromatic heterocycles. The molecule has 0 bridgehead atoms. The summed E-state index contributed by atoms with van der Waals surface area (Å²) in [4.78, 5) is 0. The minimum absolute atomic E-state index is 1.11. The molecule has 0 aliphatic heterocycles. The van der Waals surface area contributed by atoms with Crippen LogP contribution in [-0.2, 0) is 6.54 Å². The van der Waals surface area contributed by atoms with Crippen molar-refractivity contribution in [3.05, 3.63) is 24.4 Å². The van der Waals surface area contributed by atoms with Crippen LogP contribution in [0.25, 0.3) is 0 Å². The lowest BCUT2D eigenvalue weighted by molar-refractivity contribution is -0.683. The van der Waals surface area contributed by atoms with Gasteiger partial charge in [0.1, 0.15) is 0 Å². The molecule has 0 saturated carbocycles. The summed E-state index contributed by atoms with van der Waals surface area (Å²) >= 11 is 0. The number of pyridine rings is 1. The lowest BCUT2D eigenvalue weighted by Gasteiger charge is -2.08. The maximum absolute atomic E-state index is 3.72. The lowest BCUT2D eigenvalue weighted by Crippen LogP contribution is -2.37. The van der Waals surface area contributed by atoms with Crippen LogP contribution in [0.3, 0.4) is 0 Å². The van der Waals surface area contributed by atoms with Crippen molar-refractivity contribution in [1.29, 1.82) is 0 Å². The third-order valence-corrected chi connectivity index (χ3v) is 9.03. The highest BCUT2D eigenvalue weighted by Gasteiger charge is 2.07. The first-order valence-corrected chi connectivity index (χ1v) is 19.1. The normalized spacial score (nSPS) is 11.4. The molecule has 1 heterocycles. The molecule has 41 heavy (non-hydrogen) atoms. The lowest BCUT2D eigenvalue weighted by atomic mass is 10.0. The quantitative estimate of drug-likeness (QED) is 0.0655. The smallest absolute Gasteiger partial charge is 0.274 e. The van der Waals surface area contributed by atoms with Crippen LogP contribution in [0.4, 0.5) is 5.82 Å². The Hall–Kier alpha value is -1.05. The Kier molecular flexibility index (Phi) is 29.5. The average Bonchev–Trinajstić information content (AvgIpc) is 2.99. The zero-order valence-corrected chi connectivity index (χ0v) is 28.4. The van der Waals surface area contributed by atoms with Crippen LogP contribution < -0.4 is 9.88 Å². The van der Waals surface area contributed by atoms with Crippen molar-refractivity contribution in [2.24, 2.45) is 0 Å². The van der Waals surface area contributed by atoms with Crippen molar-refractivity contribution < 1.29 is 4.57 Å². The first-order chi connectivity index (χ1) is 20.4. The fourth-order valence-electron chi connectivity index (χ4n) is 6.20. The van der Waals surface area contributed by atoms with E-state index in [9.17, 15) is 0 Å². The molecule has 0 aliphatic rings. The predicted molar refractivity (Wildman–Crippen MR) is 185 cm³/mol. The summed E-state index contributed by atoms with van der Waals surface area (Å²) in [6.45, 7) is 6.87. The number of nitrogens with one attached hydrogen (secondary N) is 1. The van der Waals surface area contributed by atoms with Crippen molar-refractivity contribution in [1.82, 2.24) is 0 Å². The van der Waals surface area contributed by atoms with Crippen molar-refractivity contribution in [3.63, 3.8) is 0 Å². The highest BCUT2D eigenvalue weighted by Crippen LogP contribution is 2.15. The van der Waals surface area contributed by atoms with E-state index in [1.165, 1.54) is 198 Å². The number of aryl methyl sites for hydroxylation is 1. The Morgan fingerprint density at radius 3 is 1.15 bits per heavy atom. The van der Waals surface area contributed by atoms with Gasteiger partial charge in [0, 0.05) is 6.07 Å². The molecule has 0 radical (unpaired) electrons. The molecule has 0 fully saturated rings. The average molecular weight is 572 g/mol.